The van der Waals surface area contributed by atoms with Crippen LogP contribution in [-0.2, 0) is 0 Å². The minimum Gasteiger partial charge on any atom is -0.360 e. The quantitative estimate of drug-likeness (QED) is 0.735. The summed E-state index contributed by atoms with van der Waals surface area (Å²) in [5.41, 5.74) is 0. The molecule has 108 valence electrons. The van der Waals surface area contributed by atoms with E-state index < -0.39 is 0 Å². The van der Waals surface area contributed by atoms with Crippen LogP contribution in [0.3, 0.4) is 0 Å². The van der Waals surface area contributed by atoms with E-state index in [4.69, 9.17) is 12.2 Å². The van der Waals surface area contributed by atoms with Gasteiger partial charge in [-0.1, -0.05) is 32.1 Å². The van der Waals surface area contributed by atoms with Gasteiger partial charge in [-0.05, 0) is 56.7 Å². The van der Waals surface area contributed by atoms with Gasteiger partial charge in [0.1, 0.15) is 0 Å². The van der Waals surface area contributed by atoms with Crippen LogP contribution in [0.4, 0.5) is 0 Å². The Morgan fingerprint density at radius 2 is 1.53 bits per heavy atom. The molecule has 3 fully saturated rings. The van der Waals surface area contributed by atoms with Crippen molar-refractivity contribution in [3.05, 3.63) is 0 Å². The number of fused-ring (bicyclic) bond motifs is 1. The highest BCUT2D eigenvalue weighted by Crippen LogP contribution is 2.35. The summed E-state index contributed by atoms with van der Waals surface area (Å²) in [5.74, 6) is 0.925. The maximum atomic E-state index is 5.74. The molecule has 3 rings (SSSR count). The first-order valence-corrected chi connectivity index (χ1v) is 8.82. The van der Waals surface area contributed by atoms with E-state index in [1.54, 1.807) is 0 Å². The average Bonchev–Trinajstić information content (AvgIpc) is 2.47. The third-order valence-electron chi connectivity index (χ3n) is 5.44. The summed E-state index contributed by atoms with van der Waals surface area (Å²) < 4.78 is 0. The van der Waals surface area contributed by atoms with E-state index >= 15 is 0 Å². The van der Waals surface area contributed by atoms with Crippen LogP contribution in [0.15, 0.2) is 0 Å². The lowest BCUT2D eigenvalue weighted by atomic mass is 9.78. The lowest BCUT2D eigenvalue weighted by Gasteiger charge is -2.46. The molecule has 2 nitrogen and oxygen atoms in total. The Labute approximate surface area is 123 Å². The first kappa shape index (κ1) is 13.7. The fraction of sp³-hybridized carbons (Fsp3) is 0.938. The fourth-order valence-electron chi connectivity index (χ4n) is 4.38. The van der Waals surface area contributed by atoms with Crippen LogP contribution >= 0.6 is 12.2 Å². The molecule has 2 saturated carbocycles. The second kappa shape index (κ2) is 6.43. The van der Waals surface area contributed by atoms with Crippen LogP contribution in [0.2, 0.25) is 0 Å². The van der Waals surface area contributed by atoms with Crippen molar-refractivity contribution in [2.24, 2.45) is 5.92 Å². The van der Waals surface area contributed by atoms with Gasteiger partial charge in [0.2, 0.25) is 0 Å². The van der Waals surface area contributed by atoms with Crippen LogP contribution in [0.5, 0.6) is 0 Å². The average molecular weight is 280 g/mol. The minimum absolute atomic E-state index is 0.658. The fourth-order valence-corrected chi connectivity index (χ4v) is 4.77. The number of likely N-dealkylation sites (tertiary alicyclic amines) is 1. The summed E-state index contributed by atoms with van der Waals surface area (Å²) in [6, 6.07) is 1.41. The van der Waals surface area contributed by atoms with E-state index in [-0.39, 0.29) is 0 Å². The lowest BCUT2D eigenvalue weighted by molar-refractivity contribution is 0.117. The molecule has 1 aliphatic heterocycles. The molecule has 0 bridgehead atoms. The second-order valence-electron chi connectivity index (χ2n) is 6.73. The summed E-state index contributed by atoms with van der Waals surface area (Å²) >= 11 is 5.74. The molecular weight excluding hydrogens is 252 g/mol. The zero-order valence-electron chi connectivity index (χ0n) is 12.1. The van der Waals surface area contributed by atoms with Crippen LogP contribution in [0.25, 0.3) is 0 Å². The normalized spacial score (nSPS) is 32.7. The number of rotatable bonds is 1. The van der Waals surface area contributed by atoms with E-state index in [2.05, 4.69) is 10.2 Å². The van der Waals surface area contributed by atoms with Crippen LogP contribution in [0.1, 0.15) is 70.6 Å². The van der Waals surface area contributed by atoms with Crippen molar-refractivity contribution >= 4 is 17.3 Å². The summed E-state index contributed by atoms with van der Waals surface area (Å²) in [5, 5.41) is 4.75. The van der Waals surface area contributed by atoms with Crippen molar-refractivity contribution in [3.8, 4) is 0 Å². The molecule has 2 unspecified atom stereocenters. The van der Waals surface area contributed by atoms with Crippen molar-refractivity contribution in [2.75, 3.05) is 6.54 Å². The number of nitrogens with one attached hydrogen (secondary N) is 1. The molecule has 19 heavy (non-hydrogen) atoms. The molecule has 2 atom stereocenters. The third kappa shape index (κ3) is 3.24. The predicted molar refractivity (Wildman–Crippen MR) is 84.3 cm³/mol. The molecule has 3 heteroatoms. The smallest absolute Gasteiger partial charge is 0.169 e. The molecule has 3 aliphatic rings. The van der Waals surface area contributed by atoms with Gasteiger partial charge >= 0.3 is 0 Å². The van der Waals surface area contributed by atoms with E-state index in [0.29, 0.717) is 6.04 Å². The number of hydrogen-bond donors (Lipinski definition) is 1. The van der Waals surface area contributed by atoms with Gasteiger partial charge in [0.05, 0.1) is 0 Å². The maximum absolute atomic E-state index is 5.74. The molecule has 0 spiro atoms. The molecule has 1 heterocycles. The van der Waals surface area contributed by atoms with E-state index in [0.717, 1.165) is 17.1 Å². The molecule has 0 amide bonds. The van der Waals surface area contributed by atoms with E-state index in [1.165, 1.54) is 77.2 Å². The SMILES string of the molecule is S=C(NC1CCCCC1)N1CCCC2CCCCC21. The van der Waals surface area contributed by atoms with Crippen molar-refractivity contribution in [1.82, 2.24) is 10.2 Å². The van der Waals surface area contributed by atoms with Crippen LogP contribution in [0, 0.1) is 5.92 Å². The van der Waals surface area contributed by atoms with Crippen molar-refractivity contribution in [1.29, 1.82) is 0 Å². The molecule has 0 radical (unpaired) electrons. The van der Waals surface area contributed by atoms with Gasteiger partial charge in [-0.25, -0.2) is 0 Å². The van der Waals surface area contributed by atoms with E-state index in [9.17, 15) is 0 Å². The standard InChI is InChI=1S/C16H28N2S/c19-16(17-14-9-2-1-3-10-14)18-12-6-8-13-7-4-5-11-15(13)18/h13-15H,1-12H2,(H,17,19). The largest absolute Gasteiger partial charge is 0.360 e. The van der Waals surface area contributed by atoms with Gasteiger partial charge in [0.15, 0.2) is 5.11 Å². The van der Waals surface area contributed by atoms with Gasteiger partial charge in [-0.2, -0.15) is 0 Å². The first-order valence-electron chi connectivity index (χ1n) is 8.42. The van der Waals surface area contributed by atoms with Crippen molar-refractivity contribution in [3.63, 3.8) is 0 Å². The third-order valence-corrected chi connectivity index (χ3v) is 5.79. The number of piperidine rings is 1. The monoisotopic (exact) mass is 280 g/mol. The molecular formula is C16H28N2S. The van der Waals surface area contributed by atoms with Gasteiger partial charge in [-0.15, -0.1) is 0 Å². The lowest BCUT2D eigenvalue weighted by Crippen LogP contribution is -2.54. The molecule has 0 aromatic heterocycles. The highest BCUT2D eigenvalue weighted by atomic mass is 32.1. The summed E-state index contributed by atoms with van der Waals surface area (Å²) in [4.78, 5) is 2.55. The molecule has 1 N–H and O–H groups in total. The number of nitrogens with zero attached hydrogens (tertiary/aromatic N) is 1. The molecule has 0 aromatic rings. The topological polar surface area (TPSA) is 15.3 Å². The van der Waals surface area contributed by atoms with Crippen molar-refractivity contribution in [2.45, 2.75) is 82.7 Å². The molecule has 1 saturated heterocycles. The Hall–Kier alpha value is -0.310. The first-order chi connectivity index (χ1) is 9.34. The number of thiocarbonyl (C=S) groups is 1. The number of hydrogen-bond acceptors (Lipinski definition) is 1. The highest BCUT2D eigenvalue weighted by molar-refractivity contribution is 7.80. The highest BCUT2D eigenvalue weighted by Gasteiger charge is 2.34. The second-order valence-corrected chi connectivity index (χ2v) is 7.12. The maximum Gasteiger partial charge on any atom is 0.169 e. The Bertz CT molecular complexity index is 310. The van der Waals surface area contributed by atoms with Gasteiger partial charge in [0.25, 0.3) is 0 Å². The Kier molecular flexibility index (Phi) is 4.62. The van der Waals surface area contributed by atoms with E-state index in [1.807, 2.05) is 0 Å². The Morgan fingerprint density at radius 1 is 0.842 bits per heavy atom. The molecule has 0 aromatic carbocycles. The van der Waals surface area contributed by atoms with Gasteiger partial charge in [-0.3, -0.25) is 0 Å². The molecule has 2 aliphatic carbocycles. The predicted octanol–water partition coefficient (Wildman–Crippen LogP) is 3.85. The Balaban J connectivity index is 1.58. The van der Waals surface area contributed by atoms with Crippen LogP contribution in [-0.4, -0.2) is 28.6 Å². The van der Waals surface area contributed by atoms with Gasteiger partial charge in [0, 0.05) is 18.6 Å². The van der Waals surface area contributed by atoms with Crippen LogP contribution < -0.4 is 5.32 Å². The van der Waals surface area contributed by atoms with Gasteiger partial charge < -0.3 is 10.2 Å². The van der Waals surface area contributed by atoms with Crippen molar-refractivity contribution < 1.29 is 0 Å². The summed E-state index contributed by atoms with van der Waals surface area (Å²) in [6.45, 7) is 1.19. The Morgan fingerprint density at radius 3 is 2.37 bits per heavy atom. The zero-order valence-corrected chi connectivity index (χ0v) is 12.9. The summed E-state index contributed by atoms with van der Waals surface area (Å²) in [6.07, 6.45) is 15.3. The zero-order chi connectivity index (χ0) is 13.1. The summed E-state index contributed by atoms with van der Waals surface area (Å²) in [7, 11) is 0. The minimum atomic E-state index is 0.658.